The van der Waals surface area contributed by atoms with Gasteiger partial charge in [-0.25, -0.2) is 0 Å². The van der Waals surface area contributed by atoms with E-state index in [1.165, 1.54) is 31.0 Å². The standard InChI is InChI=1S/C17H16N2O6S.Na/c1-9(20)25-7-11-8-26-16-13(15(22)19(16)14(11)17(23)24)18-6-10-4-2-3-5-12(10)21;/h2-6,13,16,21H,7-8H2,1H3,(H,23,24);/q;+1/p-1/t13-,16-;/m1./s1. The van der Waals surface area contributed by atoms with Crippen LogP contribution in [0.5, 0.6) is 5.75 Å². The Morgan fingerprint density at radius 3 is 2.78 bits per heavy atom. The fraction of sp³-hybridized carbons (Fsp3) is 0.294. The predicted octanol–water partition coefficient (Wildman–Crippen LogP) is -3.33. The summed E-state index contributed by atoms with van der Waals surface area (Å²) in [5.74, 6) is -2.19. The van der Waals surface area contributed by atoms with Gasteiger partial charge in [-0.3, -0.25) is 19.5 Å². The molecule has 2 aliphatic rings. The molecule has 27 heavy (non-hydrogen) atoms. The molecule has 1 N–H and O–H groups in total. The number of thioether (sulfide) groups is 1. The maximum atomic E-state index is 12.4. The summed E-state index contributed by atoms with van der Waals surface area (Å²) < 4.78 is 4.85. The molecule has 0 radical (unpaired) electrons. The number of para-hydroxylation sites is 1. The molecule has 1 aromatic carbocycles. The molecule has 0 aliphatic carbocycles. The molecule has 0 spiro atoms. The van der Waals surface area contributed by atoms with Crippen LogP contribution in [0, 0.1) is 0 Å². The summed E-state index contributed by atoms with van der Waals surface area (Å²) in [5, 5.41) is 20.8. The number of carboxylic acids is 1. The number of β-lactam (4-membered cyclic amide) rings is 1. The van der Waals surface area contributed by atoms with Crippen molar-refractivity contribution in [3.8, 4) is 5.75 Å². The van der Waals surface area contributed by atoms with E-state index in [0.29, 0.717) is 11.1 Å². The van der Waals surface area contributed by atoms with Crippen LogP contribution in [0.1, 0.15) is 12.5 Å². The minimum atomic E-state index is -1.49. The summed E-state index contributed by atoms with van der Waals surface area (Å²) in [7, 11) is 0. The number of esters is 1. The van der Waals surface area contributed by atoms with Crippen molar-refractivity contribution in [2.24, 2.45) is 4.99 Å². The molecule has 136 valence electrons. The Bertz CT molecular complexity index is 840. The summed E-state index contributed by atoms with van der Waals surface area (Å²) in [6.07, 6.45) is 1.40. The SMILES string of the molecule is CC(=O)OCC1=C(C(=O)[O-])N2C(=O)[C@@H](N=Cc3ccccc3O)[C@H]2SC1.[Na+]. The molecule has 1 fully saturated rings. The van der Waals surface area contributed by atoms with Gasteiger partial charge in [-0.05, 0) is 12.1 Å². The predicted molar refractivity (Wildman–Crippen MR) is 91.2 cm³/mol. The number of carbonyl (C=O) groups excluding carboxylic acids is 3. The van der Waals surface area contributed by atoms with Crippen LogP contribution in [0.3, 0.4) is 0 Å². The Balaban J connectivity index is 0.00000261. The van der Waals surface area contributed by atoms with Crippen LogP contribution in [0.2, 0.25) is 0 Å². The first-order valence-corrected chi connectivity index (χ1v) is 8.77. The average molecular weight is 398 g/mol. The summed E-state index contributed by atoms with van der Waals surface area (Å²) in [4.78, 5) is 40.2. The summed E-state index contributed by atoms with van der Waals surface area (Å²) in [6.45, 7) is 1.02. The van der Waals surface area contributed by atoms with Gasteiger partial charge in [0, 0.05) is 30.0 Å². The van der Waals surface area contributed by atoms with E-state index >= 15 is 0 Å². The summed E-state index contributed by atoms with van der Waals surface area (Å²) in [6, 6.07) is 5.80. The Labute approximate surface area is 181 Å². The van der Waals surface area contributed by atoms with Crippen LogP contribution in [0.15, 0.2) is 40.5 Å². The zero-order valence-corrected chi connectivity index (χ0v) is 17.6. The van der Waals surface area contributed by atoms with Crippen LogP contribution in [-0.2, 0) is 19.1 Å². The molecule has 10 heteroatoms. The summed E-state index contributed by atoms with van der Waals surface area (Å²) >= 11 is 1.33. The van der Waals surface area contributed by atoms with Crippen molar-refractivity contribution >= 4 is 35.8 Å². The number of aliphatic carboxylic acids is 1. The van der Waals surface area contributed by atoms with E-state index in [1.807, 2.05) is 0 Å². The van der Waals surface area contributed by atoms with E-state index in [4.69, 9.17) is 4.74 Å². The number of carboxylic acid groups (broad SMARTS) is 1. The number of aromatic hydroxyl groups is 1. The molecule has 0 aromatic heterocycles. The van der Waals surface area contributed by atoms with E-state index < -0.39 is 29.3 Å². The van der Waals surface area contributed by atoms with Crippen molar-refractivity contribution in [3.63, 3.8) is 0 Å². The topological polar surface area (TPSA) is 119 Å². The first kappa shape index (κ1) is 21.5. The second kappa shape index (κ2) is 8.92. The third kappa shape index (κ3) is 4.37. The Hall–Kier alpha value is -1.81. The van der Waals surface area contributed by atoms with Gasteiger partial charge in [0.2, 0.25) is 0 Å². The minimum Gasteiger partial charge on any atom is -0.543 e. The maximum Gasteiger partial charge on any atom is 1.00 e. The third-order valence-electron chi connectivity index (χ3n) is 3.97. The van der Waals surface area contributed by atoms with Gasteiger partial charge in [-0.2, -0.15) is 0 Å². The van der Waals surface area contributed by atoms with Crippen molar-refractivity contribution in [1.82, 2.24) is 4.90 Å². The van der Waals surface area contributed by atoms with Gasteiger partial charge in [0.05, 0.1) is 11.7 Å². The van der Waals surface area contributed by atoms with Crippen LogP contribution < -0.4 is 34.7 Å². The van der Waals surface area contributed by atoms with Crippen LogP contribution >= 0.6 is 11.8 Å². The molecular weight excluding hydrogens is 383 g/mol. The van der Waals surface area contributed by atoms with Gasteiger partial charge < -0.3 is 19.7 Å². The van der Waals surface area contributed by atoms with Crippen molar-refractivity contribution in [2.45, 2.75) is 18.3 Å². The molecule has 0 saturated carbocycles. The number of aliphatic imine (C=N–C) groups is 1. The molecule has 0 unspecified atom stereocenters. The molecule has 1 saturated heterocycles. The van der Waals surface area contributed by atoms with Gasteiger partial charge in [0.25, 0.3) is 5.91 Å². The second-order valence-electron chi connectivity index (χ2n) is 5.71. The maximum absolute atomic E-state index is 12.4. The smallest absolute Gasteiger partial charge is 0.543 e. The van der Waals surface area contributed by atoms with E-state index in [0.717, 1.165) is 4.90 Å². The quantitative estimate of drug-likeness (QED) is 0.238. The molecule has 2 aliphatic heterocycles. The third-order valence-corrected chi connectivity index (χ3v) is 5.30. The number of amides is 1. The van der Waals surface area contributed by atoms with Crippen molar-refractivity contribution < 1.29 is 58.9 Å². The molecule has 3 rings (SSSR count). The van der Waals surface area contributed by atoms with Crippen molar-refractivity contribution in [1.29, 1.82) is 0 Å². The largest absolute Gasteiger partial charge is 1.00 e. The van der Waals surface area contributed by atoms with Crippen molar-refractivity contribution in [2.75, 3.05) is 12.4 Å². The van der Waals surface area contributed by atoms with Gasteiger partial charge in [0.1, 0.15) is 17.7 Å². The number of phenolic OH excluding ortho intramolecular Hbond substituents is 1. The molecule has 1 amide bonds. The Morgan fingerprint density at radius 2 is 2.15 bits per heavy atom. The van der Waals surface area contributed by atoms with Gasteiger partial charge in [-0.1, -0.05) is 12.1 Å². The normalized spacial score (nSPS) is 21.4. The zero-order valence-electron chi connectivity index (χ0n) is 14.7. The number of nitrogens with zero attached hydrogens (tertiary/aromatic N) is 2. The number of phenols is 1. The monoisotopic (exact) mass is 398 g/mol. The Morgan fingerprint density at radius 1 is 1.44 bits per heavy atom. The van der Waals surface area contributed by atoms with E-state index in [1.54, 1.807) is 18.2 Å². The number of ether oxygens (including phenoxy) is 1. The number of carbonyl (C=O) groups is 3. The van der Waals surface area contributed by atoms with Crippen molar-refractivity contribution in [3.05, 3.63) is 41.1 Å². The fourth-order valence-electron chi connectivity index (χ4n) is 2.71. The molecule has 2 heterocycles. The first-order valence-electron chi connectivity index (χ1n) is 7.72. The molecule has 2 atom stereocenters. The minimum absolute atomic E-state index is 0. The van der Waals surface area contributed by atoms with Gasteiger partial charge in [0.15, 0.2) is 6.04 Å². The van der Waals surface area contributed by atoms with Gasteiger partial charge in [-0.15, -0.1) is 11.8 Å². The van der Waals surface area contributed by atoms with E-state index in [-0.39, 0.29) is 53.4 Å². The molecule has 1 aromatic rings. The number of hydrogen-bond donors (Lipinski definition) is 1. The van der Waals surface area contributed by atoms with Crippen LogP contribution in [0.4, 0.5) is 0 Å². The number of hydrogen-bond acceptors (Lipinski definition) is 8. The number of fused-ring (bicyclic) bond motifs is 1. The zero-order chi connectivity index (χ0) is 18.8. The molecule has 0 bridgehead atoms. The van der Waals surface area contributed by atoms with E-state index in [9.17, 15) is 24.6 Å². The first-order chi connectivity index (χ1) is 12.4. The average Bonchev–Trinajstić information content (AvgIpc) is 2.60. The number of benzene rings is 1. The molecular formula is C17H15N2NaO6S. The Kier molecular flexibility index (Phi) is 7.10. The fourth-order valence-corrected chi connectivity index (χ4v) is 4.03. The van der Waals surface area contributed by atoms with Crippen LogP contribution in [0.25, 0.3) is 0 Å². The van der Waals surface area contributed by atoms with Crippen LogP contribution in [-0.4, -0.2) is 57.8 Å². The second-order valence-corrected chi connectivity index (χ2v) is 6.82. The molecule has 8 nitrogen and oxygen atoms in total. The van der Waals surface area contributed by atoms with E-state index in [2.05, 4.69) is 4.99 Å². The summed E-state index contributed by atoms with van der Waals surface area (Å²) in [5.41, 5.74) is 0.526. The number of rotatable bonds is 5. The van der Waals surface area contributed by atoms with Gasteiger partial charge >= 0.3 is 35.5 Å².